The molecule has 4 aromatic rings. The highest BCUT2D eigenvalue weighted by molar-refractivity contribution is 7.11. The third-order valence-electron chi connectivity index (χ3n) is 4.56. The number of nitrogens with zero attached hydrogens (tertiary/aromatic N) is 2. The minimum Gasteiger partial charge on any atom is -0.491 e. The van der Waals surface area contributed by atoms with Gasteiger partial charge < -0.3 is 9.84 Å². The van der Waals surface area contributed by atoms with E-state index in [-0.39, 0.29) is 0 Å². The highest BCUT2D eigenvalue weighted by atomic mass is 32.1. The van der Waals surface area contributed by atoms with Crippen molar-refractivity contribution in [3.63, 3.8) is 0 Å². The average molecular weight is 404 g/mol. The molecule has 0 saturated heterocycles. The third-order valence-corrected chi connectivity index (χ3v) is 5.54. The smallest absolute Gasteiger partial charge is 0.328 e. The fourth-order valence-corrected chi connectivity index (χ4v) is 4.06. The van der Waals surface area contributed by atoms with Gasteiger partial charge in [0, 0.05) is 35.8 Å². The summed E-state index contributed by atoms with van der Waals surface area (Å²) in [5.41, 5.74) is 2.19. The lowest BCUT2D eigenvalue weighted by Crippen LogP contribution is -2.05. The van der Waals surface area contributed by atoms with Crippen molar-refractivity contribution in [2.75, 3.05) is 6.61 Å². The molecule has 4 rings (SSSR count). The van der Waals surface area contributed by atoms with E-state index in [0.717, 1.165) is 28.7 Å². The number of hydrogen-bond donors (Lipinski definition) is 1. The molecule has 0 spiro atoms. The van der Waals surface area contributed by atoms with Crippen molar-refractivity contribution in [2.24, 2.45) is 0 Å². The van der Waals surface area contributed by atoms with Crippen molar-refractivity contribution >= 4 is 34.2 Å². The molecule has 0 bridgehead atoms. The van der Waals surface area contributed by atoms with Crippen molar-refractivity contribution in [1.29, 1.82) is 0 Å². The van der Waals surface area contributed by atoms with Gasteiger partial charge in [0.05, 0.1) is 18.0 Å². The van der Waals surface area contributed by atoms with Crippen LogP contribution < -0.4 is 4.74 Å². The van der Waals surface area contributed by atoms with Gasteiger partial charge in [-0.2, -0.15) is 5.10 Å². The van der Waals surface area contributed by atoms with E-state index in [1.165, 1.54) is 27.7 Å². The van der Waals surface area contributed by atoms with E-state index in [2.05, 4.69) is 35.4 Å². The van der Waals surface area contributed by atoms with Gasteiger partial charge in [0.1, 0.15) is 5.75 Å². The summed E-state index contributed by atoms with van der Waals surface area (Å²) in [5, 5.41) is 17.6. The number of thiophene rings is 1. The molecule has 5 nitrogen and oxygen atoms in total. The molecule has 2 aromatic heterocycles. The van der Waals surface area contributed by atoms with Gasteiger partial charge in [-0.05, 0) is 28.5 Å². The van der Waals surface area contributed by atoms with Gasteiger partial charge in [0.25, 0.3) is 0 Å². The summed E-state index contributed by atoms with van der Waals surface area (Å²) in [6.45, 7) is 1.09. The molecule has 0 aliphatic rings. The van der Waals surface area contributed by atoms with Crippen LogP contribution in [0.2, 0.25) is 0 Å². The Hall–Kier alpha value is -3.38. The first kappa shape index (κ1) is 19.0. The van der Waals surface area contributed by atoms with Gasteiger partial charge in [-0.3, -0.25) is 4.68 Å². The minimum atomic E-state index is -0.978. The van der Waals surface area contributed by atoms with Crippen LogP contribution in [0.15, 0.2) is 72.4 Å². The Labute approximate surface area is 172 Å². The van der Waals surface area contributed by atoms with Gasteiger partial charge >= 0.3 is 5.97 Å². The number of benzene rings is 2. The first-order chi connectivity index (χ1) is 14.2. The Balaban J connectivity index is 1.50. The Morgan fingerprint density at radius 1 is 1.17 bits per heavy atom. The largest absolute Gasteiger partial charge is 0.491 e. The molecule has 0 radical (unpaired) electrons. The maximum absolute atomic E-state index is 10.9. The summed E-state index contributed by atoms with van der Waals surface area (Å²) in [6, 6.07) is 16.6. The Bertz CT molecular complexity index is 1150. The van der Waals surface area contributed by atoms with Crippen LogP contribution in [0.5, 0.6) is 5.75 Å². The zero-order valence-electron chi connectivity index (χ0n) is 15.7. The quantitative estimate of drug-likeness (QED) is 0.426. The molecule has 0 fully saturated rings. The molecule has 0 saturated carbocycles. The Kier molecular flexibility index (Phi) is 5.72. The topological polar surface area (TPSA) is 64.3 Å². The van der Waals surface area contributed by atoms with E-state index in [0.29, 0.717) is 13.2 Å². The molecule has 0 atom stereocenters. The second kappa shape index (κ2) is 8.75. The van der Waals surface area contributed by atoms with E-state index in [1.807, 2.05) is 34.5 Å². The number of hydrogen-bond acceptors (Lipinski definition) is 4. The van der Waals surface area contributed by atoms with Crippen LogP contribution in [0.1, 0.15) is 16.0 Å². The van der Waals surface area contributed by atoms with Gasteiger partial charge in [-0.1, -0.05) is 42.5 Å². The summed E-state index contributed by atoms with van der Waals surface area (Å²) in [7, 11) is 0. The van der Waals surface area contributed by atoms with Crippen LogP contribution in [-0.4, -0.2) is 27.5 Å². The fraction of sp³-hybridized carbons (Fsp3) is 0.130. The third kappa shape index (κ3) is 4.73. The van der Waals surface area contributed by atoms with Crippen LogP contribution in [0.4, 0.5) is 0 Å². The molecule has 2 heterocycles. The SMILES string of the molecule is O=C(O)C=Cc1scc(Cn2cccn2)c1OCCc1ccc2ccccc2c1. The number of rotatable bonds is 8. The van der Waals surface area contributed by atoms with E-state index in [4.69, 9.17) is 9.84 Å². The van der Waals surface area contributed by atoms with Crippen molar-refractivity contribution in [1.82, 2.24) is 9.78 Å². The highest BCUT2D eigenvalue weighted by Gasteiger charge is 2.13. The number of aromatic nitrogens is 2. The predicted molar refractivity (Wildman–Crippen MR) is 115 cm³/mol. The first-order valence-corrected chi connectivity index (χ1v) is 10.2. The van der Waals surface area contributed by atoms with Crippen LogP contribution in [0.25, 0.3) is 16.8 Å². The number of ether oxygens (including phenoxy) is 1. The second-order valence-corrected chi connectivity index (χ2v) is 7.52. The van der Waals surface area contributed by atoms with E-state index in [9.17, 15) is 4.79 Å². The van der Waals surface area contributed by atoms with E-state index in [1.54, 1.807) is 12.3 Å². The first-order valence-electron chi connectivity index (χ1n) is 9.28. The number of carboxylic acid groups (broad SMARTS) is 1. The second-order valence-electron chi connectivity index (χ2n) is 6.61. The van der Waals surface area contributed by atoms with Crippen LogP contribution >= 0.6 is 11.3 Å². The Morgan fingerprint density at radius 2 is 2.03 bits per heavy atom. The summed E-state index contributed by atoms with van der Waals surface area (Å²) >= 11 is 1.47. The van der Waals surface area contributed by atoms with Gasteiger partial charge in [-0.25, -0.2) is 4.79 Å². The predicted octanol–water partition coefficient (Wildman–Crippen LogP) is 4.87. The molecule has 29 heavy (non-hydrogen) atoms. The lowest BCUT2D eigenvalue weighted by Gasteiger charge is -2.10. The highest BCUT2D eigenvalue weighted by Crippen LogP contribution is 2.33. The van der Waals surface area contributed by atoms with E-state index >= 15 is 0 Å². The molecular weight excluding hydrogens is 384 g/mol. The Morgan fingerprint density at radius 3 is 2.83 bits per heavy atom. The molecule has 1 N–H and O–H groups in total. The molecule has 0 amide bonds. The lowest BCUT2D eigenvalue weighted by atomic mass is 10.1. The summed E-state index contributed by atoms with van der Waals surface area (Å²) in [4.78, 5) is 11.7. The molecule has 6 heteroatoms. The zero-order valence-corrected chi connectivity index (χ0v) is 16.5. The van der Waals surface area contributed by atoms with Gasteiger partial charge in [0.15, 0.2) is 0 Å². The summed E-state index contributed by atoms with van der Waals surface area (Å²) < 4.78 is 7.95. The summed E-state index contributed by atoms with van der Waals surface area (Å²) in [6.07, 6.45) is 7.12. The minimum absolute atomic E-state index is 0.509. The summed E-state index contributed by atoms with van der Waals surface area (Å²) in [5.74, 6) is -0.252. The van der Waals surface area contributed by atoms with Gasteiger partial charge in [0.2, 0.25) is 0 Å². The van der Waals surface area contributed by atoms with Crippen molar-refractivity contribution in [2.45, 2.75) is 13.0 Å². The number of aliphatic carboxylic acids is 1. The lowest BCUT2D eigenvalue weighted by molar-refractivity contribution is -0.131. The molecule has 0 aliphatic heterocycles. The van der Waals surface area contributed by atoms with Crippen molar-refractivity contribution in [3.05, 3.63) is 88.4 Å². The molecule has 2 aromatic carbocycles. The number of carbonyl (C=O) groups is 1. The molecular formula is C23H20N2O3S. The van der Waals surface area contributed by atoms with Crippen LogP contribution in [0.3, 0.4) is 0 Å². The average Bonchev–Trinajstić information content (AvgIpc) is 3.37. The van der Waals surface area contributed by atoms with E-state index < -0.39 is 5.97 Å². The molecule has 0 unspecified atom stereocenters. The van der Waals surface area contributed by atoms with Crippen molar-refractivity contribution < 1.29 is 14.6 Å². The normalized spacial score (nSPS) is 11.3. The van der Waals surface area contributed by atoms with Crippen molar-refractivity contribution in [3.8, 4) is 5.75 Å². The fourth-order valence-electron chi connectivity index (χ4n) is 3.17. The molecule has 0 aliphatic carbocycles. The maximum Gasteiger partial charge on any atom is 0.328 e. The number of fused-ring (bicyclic) bond motifs is 1. The molecule has 146 valence electrons. The zero-order chi connectivity index (χ0) is 20.1. The standard InChI is InChI=1S/C23H20N2O3S/c26-22(27)9-8-21-23(20(16-29-21)15-25-12-3-11-24-25)28-13-10-17-6-7-18-4-1-2-5-19(18)14-17/h1-9,11-12,14,16H,10,13,15H2,(H,26,27). The number of carboxylic acids is 1. The van der Waals surface area contributed by atoms with Crippen LogP contribution in [-0.2, 0) is 17.8 Å². The monoisotopic (exact) mass is 404 g/mol. The van der Waals surface area contributed by atoms with Gasteiger partial charge in [-0.15, -0.1) is 11.3 Å². The van der Waals surface area contributed by atoms with Crippen LogP contribution in [0, 0.1) is 0 Å². The maximum atomic E-state index is 10.9.